The first kappa shape index (κ1) is 15.5. The Hall–Kier alpha value is -0.870. The summed E-state index contributed by atoms with van der Waals surface area (Å²) in [5.41, 5.74) is 1.18. The third-order valence-corrected chi connectivity index (χ3v) is 5.84. The molecule has 0 amide bonds. The van der Waals surface area contributed by atoms with Crippen LogP contribution < -0.4 is 5.32 Å². The largest absolute Gasteiger partial charge is 0.317 e. The van der Waals surface area contributed by atoms with Crippen LogP contribution in [0.4, 0.5) is 0 Å². The molecule has 0 saturated carbocycles. The summed E-state index contributed by atoms with van der Waals surface area (Å²) >= 11 is 0. The zero-order chi connectivity index (χ0) is 14.4. The Balaban J connectivity index is 2.12. The molecule has 20 heavy (non-hydrogen) atoms. The van der Waals surface area contributed by atoms with Gasteiger partial charge in [0.2, 0.25) is 0 Å². The molecule has 1 aliphatic heterocycles. The lowest BCUT2D eigenvalue weighted by molar-refractivity contribution is 0.460. The van der Waals surface area contributed by atoms with Crippen molar-refractivity contribution in [2.75, 3.05) is 18.8 Å². The highest BCUT2D eigenvalue weighted by molar-refractivity contribution is 7.91. The highest BCUT2D eigenvalue weighted by Crippen LogP contribution is 2.27. The summed E-state index contributed by atoms with van der Waals surface area (Å²) in [7, 11) is -3.11. The van der Waals surface area contributed by atoms with Crippen LogP contribution in [0.3, 0.4) is 0 Å². The molecule has 2 rings (SSSR count). The first-order valence-corrected chi connectivity index (χ1v) is 9.32. The Morgan fingerprint density at radius 1 is 1.20 bits per heavy atom. The average Bonchev–Trinajstić information content (AvgIpc) is 2.48. The minimum absolute atomic E-state index is 0.274. The Bertz CT molecular complexity index is 519. The second-order valence-corrected chi connectivity index (χ2v) is 7.73. The van der Waals surface area contributed by atoms with Crippen molar-refractivity contribution in [2.24, 2.45) is 0 Å². The van der Waals surface area contributed by atoms with Crippen molar-refractivity contribution >= 4 is 9.84 Å². The molecule has 0 aliphatic carbocycles. The molecular formula is C16H25NO2S. The molecule has 1 fully saturated rings. The van der Waals surface area contributed by atoms with Crippen molar-refractivity contribution in [1.82, 2.24) is 5.32 Å². The van der Waals surface area contributed by atoms with Crippen LogP contribution in [0.15, 0.2) is 29.2 Å². The maximum absolute atomic E-state index is 12.3. The first-order valence-electron chi connectivity index (χ1n) is 7.67. The van der Waals surface area contributed by atoms with E-state index in [1.165, 1.54) is 5.56 Å². The monoisotopic (exact) mass is 295 g/mol. The molecule has 4 heteroatoms. The molecule has 3 nitrogen and oxygen atoms in total. The van der Waals surface area contributed by atoms with Crippen molar-refractivity contribution in [2.45, 2.75) is 49.8 Å². The van der Waals surface area contributed by atoms with Gasteiger partial charge in [0.05, 0.1) is 10.6 Å². The van der Waals surface area contributed by atoms with Crippen LogP contribution in [-0.2, 0) is 9.84 Å². The molecule has 1 N–H and O–H groups in total. The fraction of sp³-hybridized carbons (Fsp3) is 0.625. The maximum Gasteiger partial charge on any atom is 0.178 e. The van der Waals surface area contributed by atoms with Crippen LogP contribution in [0.2, 0.25) is 0 Å². The van der Waals surface area contributed by atoms with Crippen molar-refractivity contribution in [3.63, 3.8) is 0 Å². The van der Waals surface area contributed by atoms with Gasteiger partial charge in [0.1, 0.15) is 0 Å². The number of hydrogen-bond donors (Lipinski definition) is 1. The van der Waals surface area contributed by atoms with E-state index in [9.17, 15) is 8.42 Å². The molecule has 112 valence electrons. The lowest BCUT2D eigenvalue weighted by atomic mass is 9.90. The first-order chi connectivity index (χ1) is 9.63. The molecule has 0 radical (unpaired) electrons. The smallest absolute Gasteiger partial charge is 0.178 e. The second kappa shape index (κ2) is 7.23. The summed E-state index contributed by atoms with van der Waals surface area (Å²) in [6.07, 6.45) is 4.98. The topological polar surface area (TPSA) is 46.2 Å². The van der Waals surface area contributed by atoms with Crippen LogP contribution in [-0.4, -0.2) is 27.3 Å². The molecular weight excluding hydrogens is 270 g/mol. The van der Waals surface area contributed by atoms with Gasteiger partial charge in [0.25, 0.3) is 0 Å². The lowest BCUT2D eigenvalue weighted by Gasteiger charge is -2.23. The zero-order valence-corrected chi connectivity index (χ0v) is 13.1. The van der Waals surface area contributed by atoms with Crippen molar-refractivity contribution in [3.8, 4) is 0 Å². The summed E-state index contributed by atoms with van der Waals surface area (Å²) in [5.74, 6) is 0.776. The third-order valence-electron chi connectivity index (χ3n) is 4.04. The van der Waals surface area contributed by atoms with Gasteiger partial charge in [-0.25, -0.2) is 8.42 Å². The Kier molecular flexibility index (Phi) is 5.61. The van der Waals surface area contributed by atoms with Crippen LogP contribution in [0.5, 0.6) is 0 Å². The van der Waals surface area contributed by atoms with Crippen LogP contribution >= 0.6 is 0 Å². The van der Waals surface area contributed by atoms with Gasteiger partial charge in [-0.05, 0) is 56.0 Å². The zero-order valence-electron chi connectivity index (χ0n) is 12.3. The molecule has 0 atom stereocenters. The molecule has 1 heterocycles. The maximum atomic E-state index is 12.3. The molecule has 1 saturated heterocycles. The number of unbranched alkanes of at least 4 members (excludes halogenated alkanes) is 2. The van der Waals surface area contributed by atoms with Gasteiger partial charge in [0, 0.05) is 0 Å². The van der Waals surface area contributed by atoms with E-state index in [1.807, 2.05) is 12.1 Å². The summed E-state index contributed by atoms with van der Waals surface area (Å²) in [6, 6.07) is 7.61. The fourth-order valence-corrected chi connectivity index (χ4v) is 4.20. The van der Waals surface area contributed by atoms with E-state index in [0.29, 0.717) is 10.8 Å². The van der Waals surface area contributed by atoms with Crippen LogP contribution in [0, 0.1) is 0 Å². The predicted octanol–water partition coefficient (Wildman–Crippen LogP) is 3.12. The molecule has 1 aromatic rings. The van der Waals surface area contributed by atoms with Crippen molar-refractivity contribution in [1.29, 1.82) is 0 Å². The van der Waals surface area contributed by atoms with Gasteiger partial charge < -0.3 is 5.32 Å². The van der Waals surface area contributed by atoms with E-state index in [4.69, 9.17) is 0 Å². The normalized spacial score (nSPS) is 17.2. The number of piperidine rings is 1. The number of rotatable bonds is 6. The SMILES string of the molecule is CCCCCS(=O)(=O)c1cccc(C2CCNCC2)c1. The summed E-state index contributed by atoms with van der Waals surface area (Å²) in [5, 5.41) is 3.35. The lowest BCUT2D eigenvalue weighted by Crippen LogP contribution is -2.26. The summed E-state index contributed by atoms with van der Waals surface area (Å²) in [6.45, 7) is 4.14. The minimum Gasteiger partial charge on any atom is -0.317 e. The molecule has 1 aliphatic rings. The number of benzene rings is 1. The fourth-order valence-electron chi connectivity index (χ4n) is 2.78. The predicted molar refractivity (Wildman–Crippen MR) is 82.9 cm³/mol. The van der Waals surface area contributed by atoms with E-state index in [1.54, 1.807) is 6.07 Å². The average molecular weight is 295 g/mol. The van der Waals surface area contributed by atoms with E-state index in [2.05, 4.69) is 18.3 Å². The van der Waals surface area contributed by atoms with Gasteiger partial charge in [-0.1, -0.05) is 31.9 Å². The number of nitrogens with one attached hydrogen (secondary N) is 1. The van der Waals surface area contributed by atoms with Gasteiger partial charge in [-0.3, -0.25) is 0 Å². The Labute approximate surface area is 122 Å². The Morgan fingerprint density at radius 3 is 2.65 bits per heavy atom. The third kappa shape index (κ3) is 4.06. The molecule has 0 spiro atoms. The highest BCUT2D eigenvalue weighted by Gasteiger charge is 2.19. The van der Waals surface area contributed by atoms with E-state index in [-0.39, 0.29) is 5.75 Å². The number of hydrogen-bond acceptors (Lipinski definition) is 3. The molecule has 1 aromatic carbocycles. The molecule has 0 aromatic heterocycles. The highest BCUT2D eigenvalue weighted by atomic mass is 32.2. The van der Waals surface area contributed by atoms with Gasteiger partial charge in [0.15, 0.2) is 9.84 Å². The van der Waals surface area contributed by atoms with E-state index in [0.717, 1.165) is 45.2 Å². The summed E-state index contributed by atoms with van der Waals surface area (Å²) in [4.78, 5) is 0.504. The van der Waals surface area contributed by atoms with E-state index < -0.39 is 9.84 Å². The van der Waals surface area contributed by atoms with Crippen LogP contribution in [0.25, 0.3) is 0 Å². The van der Waals surface area contributed by atoms with Gasteiger partial charge >= 0.3 is 0 Å². The summed E-state index contributed by atoms with van der Waals surface area (Å²) < 4.78 is 24.7. The molecule has 0 unspecified atom stereocenters. The van der Waals surface area contributed by atoms with Gasteiger partial charge in [-0.15, -0.1) is 0 Å². The van der Waals surface area contributed by atoms with Crippen LogP contribution in [0.1, 0.15) is 50.5 Å². The van der Waals surface area contributed by atoms with Crippen molar-refractivity contribution in [3.05, 3.63) is 29.8 Å². The number of sulfone groups is 1. The standard InChI is InChI=1S/C16H25NO2S/c1-2-3-4-12-20(18,19)16-7-5-6-15(13-16)14-8-10-17-11-9-14/h5-7,13-14,17H,2-4,8-12H2,1H3. The van der Waals surface area contributed by atoms with Gasteiger partial charge in [-0.2, -0.15) is 0 Å². The van der Waals surface area contributed by atoms with E-state index >= 15 is 0 Å². The Morgan fingerprint density at radius 2 is 1.95 bits per heavy atom. The second-order valence-electron chi connectivity index (χ2n) is 5.62. The minimum atomic E-state index is -3.11. The van der Waals surface area contributed by atoms with Crippen molar-refractivity contribution < 1.29 is 8.42 Å². The molecule has 0 bridgehead atoms. The quantitative estimate of drug-likeness (QED) is 0.820.